The number of urea groups is 1. The summed E-state index contributed by atoms with van der Waals surface area (Å²) in [5.74, 6) is 7.63. The molecule has 5 rings (SSSR count). The van der Waals surface area contributed by atoms with E-state index in [1.165, 1.54) is 27.9 Å². The van der Waals surface area contributed by atoms with Crippen molar-refractivity contribution >= 4 is 107 Å². The van der Waals surface area contributed by atoms with Crippen LogP contribution in [0, 0.1) is 11.8 Å². The maximum Gasteiger partial charge on any atom is 0.490 e. The molecule has 9 N–H and O–H groups in total. The summed E-state index contributed by atoms with van der Waals surface area (Å²) in [5.41, 5.74) is 7.11. The Labute approximate surface area is 390 Å². The number of amides is 3. The van der Waals surface area contributed by atoms with Crippen LogP contribution in [0.15, 0.2) is 12.5 Å². The molecule has 64 heavy (non-hydrogen) atoms. The molecule has 2 aromatic heterocycles. The van der Waals surface area contributed by atoms with Crippen LogP contribution in [0.1, 0.15) is 78.5 Å². The molecule has 0 bridgehead atoms. The number of fused-ring (bicyclic) bond motifs is 2. The molecule has 30 heteroatoms. The molecule has 0 aliphatic carbocycles. The number of thioether (sulfide) groups is 1. The van der Waals surface area contributed by atoms with Gasteiger partial charge in [-0.25, -0.2) is 28.5 Å². The summed E-state index contributed by atoms with van der Waals surface area (Å²) in [6, 6.07) is 0.268. The Morgan fingerprint density at radius 1 is 1.06 bits per heavy atom. The maximum absolute atomic E-state index is 12.6. The highest BCUT2D eigenvalue weighted by Crippen LogP contribution is 2.66. The fraction of sp³-hybridized carbons (Fsp3) is 0.706. The van der Waals surface area contributed by atoms with Gasteiger partial charge in [-0.2, -0.15) is 20.4 Å². The Hall–Kier alpha value is -1.24. The van der Waals surface area contributed by atoms with Gasteiger partial charge in [0.15, 0.2) is 0 Å². The lowest BCUT2D eigenvalue weighted by Gasteiger charge is -2.23. The fourth-order valence-electron chi connectivity index (χ4n) is 6.55. The zero-order valence-corrected chi connectivity index (χ0v) is 42.2. The van der Waals surface area contributed by atoms with E-state index in [-0.39, 0.29) is 58.3 Å². The summed E-state index contributed by atoms with van der Waals surface area (Å²) in [5, 5.41) is 9.81. The fourth-order valence-corrected chi connectivity index (χ4v) is 15.3. The second-order valence-electron chi connectivity index (χ2n) is 16.2. The molecule has 360 valence electrons. The third kappa shape index (κ3) is 17.4. The van der Waals surface area contributed by atoms with Gasteiger partial charge >= 0.3 is 29.5 Å². The lowest BCUT2D eigenvalue weighted by Crippen LogP contribution is -2.37. The first-order valence-electron chi connectivity index (χ1n) is 19.7. The number of carbonyl (C=O) groups excluding carboxylic acids is 2. The summed E-state index contributed by atoms with van der Waals surface area (Å²) >= 11 is 1.87. The van der Waals surface area contributed by atoms with Crippen molar-refractivity contribution in [2.45, 2.75) is 112 Å². The van der Waals surface area contributed by atoms with Crippen molar-refractivity contribution in [1.29, 1.82) is 0 Å². The van der Waals surface area contributed by atoms with Gasteiger partial charge in [0.2, 0.25) is 5.91 Å². The minimum Gasteiger partial charge on any atom is -0.383 e. The summed E-state index contributed by atoms with van der Waals surface area (Å²) in [6.07, 6.45) is 3.59. The van der Waals surface area contributed by atoms with Crippen molar-refractivity contribution < 1.29 is 70.2 Å². The number of phosphoric acid groups is 3. The normalized spacial score (nSPS) is 24.4. The van der Waals surface area contributed by atoms with Gasteiger partial charge in [0, 0.05) is 46.1 Å². The number of nitrogens with one attached hydrogen (secondary N) is 3. The van der Waals surface area contributed by atoms with Crippen LogP contribution in [0.2, 0.25) is 0 Å². The predicted molar refractivity (Wildman–Crippen MR) is 249 cm³/mol. The number of aromatic nitrogens is 3. The van der Waals surface area contributed by atoms with E-state index in [1.54, 1.807) is 32.4 Å². The van der Waals surface area contributed by atoms with Gasteiger partial charge in [-0.05, 0) is 26.7 Å². The van der Waals surface area contributed by atoms with Gasteiger partial charge in [0.05, 0.1) is 35.7 Å². The van der Waals surface area contributed by atoms with Crippen molar-refractivity contribution in [3.8, 4) is 11.8 Å². The molecule has 3 aliphatic rings. The molecule has 8 atom stereocenters. The smallest absolute Gasteiger partial charge is 0.383 e. The molecule has 0 spiro atoms. The number of hydrogen-bond acceptors (Lipinski definition) is 19. The Morgan fingerprint density at radius 3 is 2.55 bits per heavy atom. The molecule has 0 aromatic carbocycles. The quantitative estimate of drug-likeness (QED) is 0.0161. The van der Waals surface area contributed by atoms with Crippen molar-refractivity contribution in [2.24, 2.45) is 0 Å². The van der Waals surface area contributed by atoms with Gasteiger partial charge in [0.25, 0.3) is 0 Å². The SMILES string of the molecule is CC(C)(C)SSCOC1C[C@H](n2cc(C#CCOCSSC(C)(C)CNC(=O)CCCCC3SCC4NC(=O)NC43)c3c(N)ncnc32)O[C@@H]1COP(=O)(O)OP(=O)(O)OP(=O)(O)O. The molecule has 3 saturated heterocycles. The highest BCUT2D eigenvalue weighted by atomic mass is 33.1. The van der Waals surface area contributed by atoms with Gasteiger partial charge in [-0.15, -0.1) is 0 Å². The standard InChI is InChI=1S/C34H54N7O15P3S5/c1-33(2,3)63-62-20-52-23-13-27(54-24(23)15-53-58(47,48)56-59(49,50)55-57(44,45)46)41-14-21(28-30(35)37-18-38-31(28)41)9-8-12-51-19-61-64-34(4,5)17-36-26(42)11-7-6-10-25-29-22(16-60-25)39-32(43)40-29/h14,18,22-25,27,29H,6-7,10-13,15-17,19-20H2,1-5H3,(H,36,42)(H,47,48)(H,49,50)(H2,35,37,38)(H2,39,40,43)(H2,44,45,46)/t22?,23?,24-,25?,27-,29?/m1/s1. The number of nitrogen functional groups attached to an aromatic ring is 1. The highest BCUT2D eigenvalue weighted by molar-refractivity contribution is 8.77. The number of phosphoric ester groups is 1. The lowest BCUT2D eigenvalue weighted by atomic mass is 10.0. The van der Waals surface area contributed by atoms with E-state index in [2.05, 4.69) is 46.4 Å². The first-order chi connectivity index (χ1) is 29.9. The van der Waals surface area contributed by atoms with Crippen molar-refractivity contribution in [1.82, 2.24) is 30.5 Å². The van der Waals surface area contributed by atoms with Crippen LogP contribution in [-0.2, 0) is 45.8 Å². The Balaban J connectivity index is 1.10. The van der Waals surface area contributed by atoms with Crippen LogP contribution < -0.4 is 21.7 Å². The number of anilines is 1. The second kappa shape index (κ2) is 23.4. The summed E-state index contributed by atoms with van der Waals surface area (Å²) < 4.78 is 67.4. The Bertz CT molecular complexity index is 2160. The molecule has 0 saturated carbocycles. The predicted octanol–water partition coefficient (Wildman–Crippen LogP) is 5.49. The van der Waals surface area contributed by atoms with Crippen LogP contribution in [0.25, 0.3) is 11.0 Å². The van der Waals surface area contributed by atoms with Gasteiger partial charge in [0.1, 0.15) is 48.6 Å². The third-order valence-corrected chi connectivity index (χ3v) is 20.5. The molecule has 5 heterocycles. The second-order valence-corrected chi connectivity index (χ2v) is 27.9. The van der Waals surface area contributed by atoms with E-state index in [1.807, 2.05) is 46.4 Å². The van der Waals surface area contributed by atoms with E-state index in [9.17, 15) is 33.1 Å². The monoisotopic (exact) mass is 1050 g/mol. The lowest BCUT2D eigenvalue weighted by molar-refractivity contribution is -0.121. The number of unbranched alkanes of at least 4 members (excludes halogenated alkanes) is 1. The topological polar surface area (TPSA) is 314 Å². The van der Waals surface area contributed by atoms with Gasteiger partial charge in [-0.1, -0.05) is 82.2 Å². The first kappa shape index (κ1) is 53.7. The largest absolute Gasteiger partial charge is 0.490 e. The zero-order chi connectivity index (χ0) is 46.9. The third-order valence-electron chi connectivity index (χ3n) is 9.19. The number of ether oxygens (including phenoxy) is 3. The van der Waals surface area contributed by atoms with Crippen LogP contribution >= 0.6 is 78.4 Å². The van der Waals surface area contributed by atoms with Gasteiger partial charge < -0.3 is 60.0 Å². The molecule has 6 unspecified atom stereocenters. The number of nitrogens with two attached hydrogens (primary N) is 1. The Morgan fingerprint density at radius 2 is 1.81 bits per heavy atom. The minimum absolute atomic E-state index is 0.00800. The Kier molecular flexibility index (Phi) is 19.6. The maximum atomic E-state index is 12.6. The number of rotatable bonds is 24. The van der Waals surface area contributed by atoms with E-state index in [4.69, 9.17) is 34.3 Å². The van der Waals surface area contributed by atoms with E-state index < -0.39 is 48.5 Å². The molecule has 22 nitrogen and oxygen atoms in total. The average Bonchev–Trinajstić information content (AvgIpc) is 3.94. The molecule has 2 aromatic rings. The first-order valence-corrected chi connectivity index (χ1v) is 29.9. The molecule has 3 amide bonds. The van der Waals surface area contributed by atoms with Crippen LogP contribution in [-0.4, -0.2) is 122 Å². The molecule has 3 aliphatic heterocycles. The highest BCUT2D eigenvalue weighted by Gasteiger charge is 2.45. The van der Waals surface area contributed by atoms with Crippen LogP contribution in [0.4, 0.5) is 10.6 Å². The minimum atomic E-state index is -5.73. The van der Waals surface area contributed by atoms with Crippen LogP contribution in [0.3, 0.4) is 0 Å². The van der Waals surface area contributed by atoms with Crippen molar-refractivity contribution in [3.05, 3.63) is 18.1 Å². The van der Waals surface area contributed by atoms with Crippen molar-refractivity contribution in [2.75, 3.05) is 43.1 Å². The van der Waals surface area contributed by atoms with E-state index in [0.717, 1.165) is 25.0 Å². The average molecular weight is 1050 g/mol. The molecular formula is C34H54N7O15P3S5. The molecule has 0 radical (unpaired) electrons. The number of carbonyl (C=O) groups is 2. The molecular weight excluding hydrogens is 1000 g/mol. The number of nitrogens with zero attached hydrogens (tertiary/aromatic N) is 3. The molecule has 3 fully saturated rings. The van der Waals surface area contributed by atoms with E-state index in [0.29, 0.717) is 40.8 Å². The number of hydrogen-bond donors (Lipinski definition) is 8. The summed E-state index contributed by atoms with van der Waals surface area (Å²) in [7, 11) is -10.7. The van der Waals surface area contributed by atoms with Crippen molar-refractivity contribution in [3.63, 3.8) is 0 Å². The van der Waals surface area contributed by atoms with Gasteiger partial charge in [-0.3, -0.25) is 9.32 Å². The zero-order valence-electron chi connectivity index (χ0n) is 35.5. The van der Waals surface area contributed by atoms with E-state index >= 15 is 0 Å². The summed E-state index contributed by atoms with van der Waals surface area (Å²) in [4.78, 5) is 70.1. The summed E-state index contributed by atoms with van der Waals surface area (Å²) in [6.45, 7) is 10.0. The van der Waals surface area contributed by atoms with Crippen LogP contribution in [0.5, 0.6) is 0 Å².